The largest absolute Gasteiger partial charge is 0.490 e. The van der Waals surface area contributed by atoms with Gasteiger partial charge in [0.05, 0.1) is 0 Å². The minimum atomic E-state index is -5.08. The fraction of sp³-hybridized carbons (Fsp3) is 0.375. The molecule has 1 fully saturated rings. The molecule has 9 heteroatoms. The minimum absolute atomic E-state index is 0.488. The van der Waals surface area contributed by atoms with Crippen LogP contribution in [-0.2, 0) is 24.2 Å². The average Bonchev–Trinajstić information content (AvgIpc) is 3.32. The molecule has 176 valence electrons. The number of benzene rings is 2. The molecular formula is C24H26F3N3O2S. The van der Waals surface area contributed by atoms with Crippen LogP contribution in [0.2, 0.25) is 0 Å². The first kappa shape index (κ1) is 23.5. The molecule has 5 nitrogen and oxygen atoms in total. The number of aromatic nitrogens is 1. The molecule has 2 aromatic carbocycles. The van der Waals surface area contributed by atoms with E-state index in [1.54, 1.807) is 0 Å². The van der Waals surface area contributed by atoms with Crippen LogP contribution in [0.25, 0.3) is 10.9 Å². The van der Waals surface area contributed by atoms with Crippen molar-refractivity contribution in [2.45, 2.75) is 31.6 Å². The third-order valence-corrected chi connectivity index (χ3v) is 6.80. The Bertz CT molecular complexity index is 1110. The van der Waals surface area contributed by atoms with Crippen LogP contribution in [0.1, 0.15) is 16.8 Å². The molecule has 1 aromatic heterocycles. The van der Waals surface area contributed by atoms with Gasteiger partial charge < -0.3 is 15.4 Å². The second kappa shape index (κ2) is 10.1. The molecule has 0 amide bonds. The summed E-state index contributed by atoms with van der Waals surface area (Å²) in [6.45, 7) is 3.50. The fourth-order valence-corrected chi connectivity index (χ4v) is 5.32. The van der Waals surface area contributed by atoms with E-state index in [4.69, 9.17) is 9.90 Å². The van der Waals surface area contributed by atoms with Gasteiger partial charge in [-0.2, -0.15) is 24.9 Å². The number of rotatable bonds is 4. The number of aliphatic carboxylic acids is 1. The molecule has 0 saturated carbocycles. The van der Waals surface area contributed by atoms with E-state index in [2.05, 4.69) is 75.5 Å². The number of halogens is 3. The third-order valence-electron chi connectivity index (χ3n) is 5.85. The number of alkyl halides is 3. The Morgan fingerprint density at radius 1 is 1.12 bits per heavy atom. The molecule has 3 N–H and O–H groups in total. The minimum Gasteiger partial charge on any atom is -0.475 e. The van der Waals surface area contributed by atoms with Crippen molar-refractivity contribution in [1.82, 2.24) is 9.88 Å². The van der Waals surface area contributed by atoms with E-state index in [0.717, 1.165) is 19.4 Å². The lowest BCUT2D eigenvalue weighted by Gasteiger charge is -2.26. The number of anilines is 1. The molecule has 1 saturated heterocycles. The zero-order valence-electron chi connectivity index (χ0n) is 18.0. The molecular weight excluding hydrogens is 451 g/mol. The number of para-hydroxylation sites is 1. The molecule has 0 radical (unpaired) electrons. The normalized spacial score (nSPS) is 18.5. The van der Waals surface area contributed by atoms with E-state index in [1.165, 1.54) is 58.0 Å². The highest BCUT2D eigenvalue weighted by atomic mass is 32.2. The number of H-pyrrole nitrogens is 1. The van der Waals surface area contributed by atoms with E-state index in [1.807, 2.05) is 0 Å². The summed E-state index contributed by atoms with van der Waals surface area (Å²) in [5.41, 5.74) is 6.86. The highest BCUT2D eigenvalue weighted by molar-refractivity contribution is 7.99. The van der Waals surface area contributed by atoms with Crippen LogP contribution >= 0.6 is 11.8 Å². The van der Waals surface area contributed by atoms with Gasteiger partial charge in [0.25, 0.3) is 0 Å². The van der Waals surface area contributed by atoms with Gasteiger partial charge in [-0.25, -0.2) is 4.79 Å². The summed E-state index contributed by atoms with van der Waals surface area (Å²) in [6, 6.07) is 18.2. The summed E-state index contributed by atoms with van der Waals surface area (Å²) in [7, 11) is 0. The monoisotopic (exact) mass is 477 g/mol. The van der Waals surface area contributed by atoms with Gasteiger partial charge in [0.2, 0.25) is 0 Å². The molecule has 2 heterocycles. The predicted molar refractivity (Wildman–Crippen MR) is 126 cm³/mol. The number of nitrogens with zero attached hydrogens (tertiary/aromatic N) is 1. The van der Waals surface area contributed by atoms with E-state index < -0.39 is 12.1 Å². The zero-order valence-corrected chi connectivity index (χ0v) is 18.8. The van der Waals surface area contributed by atoms with Gasteiger partial charge in [-0.1, -0.05) is 30.3 Å². The second-order valence-corrected chi connectivity index (χ2v) is 9.49. The summed E-state index contributed by atoms with van der Waals surface area (Å²) in [5, 5.41) is 12.3. The Morgan fingerprint density at radius 3 is 2.58 bits per heavy atom. The second-order valence-electron chi connectivity index (χ2n) is 8.27. The maximum absolute atomic E-state index is 10.6. The molecule has 1 atom stereocenters. The summed E-state index contributed by atoms with van der Waals surface area (Å²) >= 11 is 2.07. The van der Waals surface area contributed by atoms with Crippen molar-refractivity contribution in [3.63, 3.8) is 0 Å². The number of hydrogen-bond acceptors (Lipinski definition) is 4. The highest BCUT2D eigenvalue weighted by Crippen LogP contribution is 2.31. The summed E-state index contributed by atoms with van der Waals surface area (Å²) in [5.74, 6) is -0.218. The maximum atomic E-state index is 10.6. The molecule has 1 aliphatic carbocycles. The van der Waals surface area contributed by atoms with Crippen LogP contribution in [0.15, 0.2) is 48.5 Å². The standard InChI is InChI=1S/C22H25N3S.C2HF3O2/c1-2-7-21-19(6-1)20-13-18(14-22(20)24-21)23-17-5-3-4-16(12-17)15-25-8-10-26-11-9-25;3-2(4,5)1(6)7/h1-7,12,18,23-24H,8-11,13-15H2;(H,6,7). The smallest absolute Gasteiger partial charge is 0.475 e. The molecule has 5 rings (SSSR count). The quantitative estimate of drug-likeness (QED) is 0.497. The lowest BCUT2D eigenvalue weighted by Crippen LogP contribution is -2.32. The van der Waals surface area contributed by atoms with Crippen LogP contribution in [0.5, 0.6) is 0 Å². The molecule has 1 unspecified atom stereocenters. The molecule has 1 aliphatic heterocycles. The number of thioether (sulfide) groups is 1. The molecule has 3 aromatic rings. The number of carbonyl (C=O) groups is 1. The maximum Gasteiger partial charge on any atom is 0.490 e. The van der Waals surface area contributed by atoms with Gasteiger partial charge in [-0.3, -0.25) is 4.90 Å². The van der Waals surface area contributed by atoms with E-state index in [9.17, 15) is 13.2 Å². The summed E-state index contributed by atoms with van der Waals surface area (Å²) in [6.07, 6.45) is -2.90. The van der Waals surface area contributed by atoms with Crippen molar-refractivity contribution >= 4 is 34.3 Å². The van der Waals surface area contributed by atoms with Gasteiger partial charge in [-0.15, -0.1) is 0 Å². The molecule has 0 spiro atoms. The Balaban J connectivity index is 0.000000325. The molecule has 0 bridgehead atoms. The lowest BCUT2D eigenvalue weighted by atomic mass is 10.1. The van der Waals surface area contributed by atoms with Crippen LogP contribution < -0.4 is 5.32 Å². The molecule has 2 aliphatic rings. The SMILES string of the molecule is O=C(O)C(F)(F)F.c1cc(CN2CCSCC2)cc(NC2Cc3[nH]c4ccccc4c3C2)c1. The van der Waals surface area contributed by atoms with Gasteiger partial charge in [0.1, 0.15) is 0 Å². The van der Waals surface area contributed by atoms with Crippen molar-refractivity contribution in [3.05, 3.63) is 65.4 Å². The first-order valence-electron chi connectivity index (χ1n) is 10.8. The number of carboxylic acids is 1. The number of fused-ring (bicyclic) bond motifs is 3. The number of aromatic amines is 1. The third kappa shape index (κ3) is 6.03. The average molecular weight is 478 g/mol. The van der Waals surface area contributed by atoms with Crippen LogP contribution in [0, 0.1) is 0 Å². The number of hydrogen-bond donors (Lipinski definition) is 3. The Labute approximate surface area is 194 Å². The first-order valence-corrected chi connectivity index (χ1v) is 12.0. The van der Waals surface area contributed by atoms with Crippen molar-refractivity contribution in [2.24, 2.45) is 0 Å². The van der Waals surface area contributed by atoms with Crippen molar-refractivity contribution in [2.75, 3.05) is 29.9 Å². The summed E-state index contributed by atoms with van der Waals surface area (Å²) < 4.78 is 31.7. The van der Waals surface area contributed by atoms with E-state index in [-0.39, 0.29) is 0 Å². The Morgan fingerprint density at radius 2 is 1.85 bits per heavy atom. The topological polar surface area (TPSA) is 68.4 Å². The van der Waals surface area contributed by atoms with Crippen LogP contribution in [0.3, 0.4) is 0 Å². The van der Waals surface area contributed by atoms with Gasteiger partial charge in [-0.05, 0) is 35.7 Å². The Hall–Kier alpha value is -2.65. The lowest BCUT2D eigenvalue weighted by molar-refractivity contribution is -0.192. The van der Waals surface area contributed by atoms with E-state index >= 15 is 0 Å². The Kier molecular flexibility index (Phi) is 7.19. The number of carboxylic acid groups (broad SMARTS) is 1. The van der Waals surface area contributed by atoms with Gasteiger partial charge >= 0.3 is 12.1 Å². The highest BCUT2D eigenvalue weighted by Gasteiger charge is 2.38. The fourth-order valence-electron chi connectivity index (χ4n) is 4.34. The van der Waals surface area contributed by atoms with Crippen LogP contribution in [0.4, 0.5) is 18.9 Å². The zero-order chi connectivity index (χ0) is 23.4. The van der Waals surface area contributed by atoms with E-state index in [0.29, 0.717) is 6.04 Å². The van der Waals surface area contributed by atoms with Crippen LogP contribution in [-0.4, -0.2) is 57.8 Å². The number of nitrogens with one attached hydrogen (secondary N) is 2. The van der Waals surface area contributed by atoms with Crippen molar-refractivity contribution < 1.29 is 23.1 Å². The predicted octanol–water partition coefficient (Wildman–Crippen LogP) is 4.93. The van der Waals surface area contributed by atoms with Crippen molar-refractivity contribution in [3.8, 4) is 0 Å². The first-order chi connectivity index (χ1) is 15.8. The van der Waals surface area contributed by atoms with Gasteiger partial charge in [0, 0.05) is 65.9 Å². The molecule has 33 heavy (non-hydrogen) atoms. The van der Waals surface area contributed by atoms with Crippen molar-refractivity contribution in [1.29, 1.82) is 0 Å². The van der Waals surface area contributed by atoms with Gasteiger partial charge in [0.15, 0.2) is 0 Å². The summed E-state index contributed by atoms with van der Waals surface area (Å²) in [4.78, 5) is 15.1.